The molecule has 7 nitrogen and oxygen atoms in total. The van der Waals surface area contributed by atoms with Crippen molar-refractivity contribution in [2.45, 2.75) is 11.3 Å². The molecule has 0 spiro atoms. The molecule has 2 aromatic heterocycles. The standard InChI is InChI=1S/C12H10F3N5O2S/c13-12(14,15)7-1-2-8-17-18-11(20(8)6-7)23-4-3-19-9(21)5-16-10(19)22/h1-2,6H,3-5H2,(H,16,22). The molecule has 0 bridgehead atoms. The summed E-state index contributed by atoms with van der Waals surface area (Å²) in [4.78, 5) is 23.8. The van der Waals surface area contributed by atoms with Crippen LogP contribution in [0.3, 0.4) is 0 Å². The normalized spacial score (nSPS) is 15.5. The number of fused-ring (bicyclic) bond motifs is 1. The highest BCUT2D eigenvalue weighted by molar-refractivity contribution is 7.99. The number of thioether (sulfide) groups is 1. The summed E-state index contributed by atoms with van der Waals surface area (Å²) in [7, 11) is 0. The highest BCUT2D eigenvalue weighted by Gasteiger charge is 2.31. The van der Waals surface area contributed by atoms with Gasteiger partial charge in [-0.25, -0.2) is 4.79 Å². The molecule has 1 saturated heterocycles. The number of nitrogens with one attached hydrogen (secondary N) is 1. The van der Waals surface area contributed by atoms with Gasteiger partial charge in [0, 0.05) is 18.5 Å². The number of nitrogens with zero attached hydrogens (tertiary/aromatic N) is 4. The molecule has 23 heavy (non-hydrogen) atoms. The van der Waals surface area contributed by atoms with Crippen molar-refractivity contribution in [1.29, 1.82) is 0 Å². The number of hydrogen-bond donors (Lipinski definition) is 1. The van der Waals surface area contributed by atoms with E-state index in [2.05, 4.69) is 15.5 Å². The van der Waals surface area contributed by atoms with Crippen molar-refractivity contribution in [2.24, 2.45) is 0 Å². The van der Waals surface area contributed by atoms with Crippen LogP contribution in [0.25, 0.3) is 5.65 Å². The van der Waals surface area contributed by atoms with Gasteiger partial charge in [-0.05, 0) is 12.1 Å². The Kier molecular flexibility index (Phi) is 3.88. The van der Waals surface area contributed by atoms with Gasteiger partial charge in [0.2, 0.25) is 5.91 Å². The number of carbonyl (C=O) groups excluding carboxylic acids is 2. The van der Waals surface area contributed by atoms with Crippen molar-refractivity contribution in [1.82, 2.24) is 24.8 Å². The number of carbonyl (C=O) groups is 2. The zero-order valence-corrected chi connectivity index (χ0v) is 12.3. The van der Waals surface area contributed by atoms with Crippen LogP contribution < -0.4 is 5.32 Å². The number of urea groups is 1. The monoisotopic (exact) mass is 345 g/mol. The van der Waals surface area contributed by atoms with E-state index in [1.54, 1.807) is 0 Å². The number of alkyl halides is 3. The fourth-order valence-electron chi connectivity index (χ4n) is 2.05. The number of aromatic nitrogens is 3. The molecule has 3 rings (SSSR count). The summed E-state index contributed by atoms with van der Waals surface area (Å²) in [5.41, 5.74) is -0.517. The van der Waals surface area contributed by atoms with Crippen LogP contribution in [0.2, 0.25) is 0 Å². The third kappa shape index (κ3) is 3.09. The van der Waals surface area contributed by atoms with Crippen molar-refractivity contribution < 1.29 is 22.8 Å². The highest BCUT2D eigenvalue weighted by Crippen LogP contribution is 2.30. The lowest BCUT2D eigenvalue weighted by atomic mass is 10.3. The largest absolute Gasteiger partial charge is 0.417 e. The minimum absolute atomic E-state index is 0.0354. The molecule has 3 heterocycles. The number of halogens is 3. The molecular weight excluding hydrogens is 335 g/mol. The number of rotatable bonds is 4. The average molecular weight is 345 g/mol. The first-order chi connectivity index (χ1) is 10.9. The van der Waals surface area contributed by atoms with Gasteiger partial charge in [-0.3, -0.25) is 14.1 Å². The highest BCUT2D eigenvalue weighted by atomic mass is 32.2. The topological polar surface area (TPSA) is 79.6 Å². The van der Waals surface area contributed by atoms with E-state index >= 15 is 0 Å². The van der Waals surface area contributed by atoms with Gasteiger partial charge < -0.3 is 5.32 Å². The third-order valence-electron chi connectivity index (χ3n) is 3.18. The predicted molar refractivity (Wildman–Crippen MR) is 73.8 cm³/mol. The minimum Gasteiger partial charge on any atom is -0.329 e. The molecule has 0 atom stereocenters. The Labute approximate surface area is 131 Å². The third-order valence-corrected chi connectivity index (χ3v) is 4.10. The molecule has 1 fully saturated rings. The van der Waals surface area contributed by atoms with Crippen molar-refractivity contribution in [3.05, 3.63) is 23.9 Å². The molecule has 0 aromatic carbocycles. The fraction of sp³-hybridized carbons (Fsp3) is 0.333. The van der Waals surface area contributed by atoms with Gasteiger partial charge in [-0.1, -0.05) is 11.8 Å². The van der Waals surface area contributed by atoms with Crippen LogP contribution in [0.15, 0.2) is 23.5 Å². The molecule has 11 heteroatoms. The maximum Gasteiger partial charge on any atom is 0.417 e. The van der Waals surface area contributed by atoms with Gasteiger partial charge in [-0.15, -0.1) is 10.2 Å². The lowest BCUT2D eigenvalue weighted by Gasteiger charge is -2.11. The van der Waals surface area contributed by atoms with Crippen LogP contribution >= 0.6 is 11.8 Å². The summed E-state index contributed by atoms with van der Waals surface area (Å²) in [5.74, 6) is -0.0306. The molecule has 0 unspecified atom stereocenters. The smallest absolute Gasteiger partial charge is 0.329 e. The van der Waals surface area contributed by atoms with E-state index in [0.717, 1.165) is 28.9 Å². The Morgan fingerprint density at radius 1 is 1.26 bits per heavy atom. The number of pyridine rings is 1. The van der Waals surface area contributed by atoms with Crippen molar-refractivity contribution in [3.63, 3.8) is 0 Å². The van der Waals surface area contributed by atoms with Gasteiger partial charge in [0.25, 0.3) is 0 Å². The first kappa shape index (κ1) is 15.6. The predicted octanol–water partition coefficient (Wildman–Crippen LogP) is 1.39. The van der Waals surface area contributed by atoms with E-state index in [4.69, 9.17) is 0 Å². The molecule has 122 valence electrons. The van der Waals surface area contributed by atoms with Crippen LogP contribution in [0.4, 0.5) is 18.0 Å². The van der Waals surface area contributed by atoms with Crippen LogP contribution in [0.1, 0.15) is 5.56 Å². The Morgan fingerprint density at radius 2 is 2.04 bits per heavy atom. The van der Waals surface area contributed by atoms with Crippen molar-refractivity contribution in [3.8, 4) is 0 Å². The van der Waals surface area contributed by atoms with Gasteiger partial charge in [0.1, 0.15) is 0 Å². The summed E-state index contributed by atoms with van der Waals surface area (Å²) < 4.78 is 39.5. The second-order valence-electron chi connectivity index (χ2n) is 4.68. The van der Waals surface area contributed by atoms with Gasteiger partial charge in [0.05, 0.1) is 12.1 Å². The molecule has 0 radical (unpaired) electrons. The summed E-state index contributed by atoms with van der Waals surface area (Å²) in [5, 5.41) is 10.3. The van der Waals surface area contributed by atoms with Crippen molar-refractivity contribution in [2.75, 3.05) is 18.8 Å². The average Bonchev–Trinajstić information content (AvgIpc) is 3.03. The summed E-state index contributed by atoms with van der Waals surface area (Å²) in [6.07, 6.45) is -3.54. The Hall–Kier alpha value is -2.30. The van der Waals surface area contributed by atoms with Gasteiger partial charge >= 0.3 is 12.2 Å². The van der Waals surface area contributed by atoms with E-state index < -0.39 is 17.8 Å². The van der Waals surface area contributed by atoms with Gasteiger partial charge in [-0.2, -0.15) is 13.2 Å². The van der Waals surface area contributed by atoms with Gasteiger partial charge in [0.15, 0.2) is 10.8 Å². The zero-order chi connectivity index (χ0) is 16.6. The SMILES string of the molecule is O=C1CNC(=O)N1CCSc1nnc2ccc(C(F)(F)F)cn12. The van der Waals surface area contributed by atoms with Crippen LogP contribution in [0, 0.1) is 0 Å². The fourth-order valence-corrected chi connectivity index (χ4v) is 2.89. The van der Waals surface area contributed by atoms with Crippen molar-refractivity contribution >= 4 is 29.3 Å². The molecule has 3 amide bonds. The second-order valence-corrected chi connectivity index (χ2v) is 5.74. The molecular formula is C12H10F3N5O2S. The Morgan fingerprint density at radius 3 is 2.70 bits per heavy atom. The molecule has 1 N–H and O–H groups in total. The summed E-state index contributed by atoms with van der Waals surface area (Å²) in [6.45, 7) is 0.107. The Balaban J connectivity index is 1.73. The van der Waals surface area contributed by atoms with E-state index in [-0.39, 0.29) is 29.8 Å². The number of hydrogen-bond acceptors (Lipinski definition) is 5. The quantitative estimate of drug-likeness (QED) is 0.669. The van der Waals surface area contributed by atoms with E-state index in [1.165, 1.54) is 10.5 Å². The molecule has 1 aliphatic rings. The minimum atomic E-state index is -4.46. The zero-order valence-electron chi connectivity index (χ0n) is 11.5. The van der Waals surface area contributed by atoms with E-state index in [1.807, 2.05) is 0 Å². The summed E-state index contributed by atoms with van der Waals surface area (Å²) >= 11 is 1.11. The molecule has 0 saturated carbocycles. The summed E-state index contributed by atoms with van der Waals surface area (Å²) in [6, 6.07) is 1.70. The second kappa shape index (κ2) is 5.72. The van der Waals surface area contributed by atoms with Crippen LogP contribution in [-0.2, 0) is 11.0 Å². The Bertz CT molecular complexity index is 760. The van der Waals surface area contributed by atoms with E-state index in [9.17, 15) is 22.8 Å². The van der Waals surface area contributed by atoms with Crippen LogP contribution in [0.5, 0.6) is 0 Å². The van der Waals surface area contributed by atoms with E-state index in [0.29, 0.717) is 5.75 Å². The first-order valence-corrected chi connectivity index (χ1v) is 7.48. The molecule has 0 aliphatic carbocycles. The number of imide groups is 1. The molecule has 2 aromatic rings. The lowest BCUT2D eigenvalue weighted by molar-refractivity contribution is -0.137. The lowest BCUT2D eigenvalue weighted by Crippen LogP contribution is -2.32. The van der Waals surface area contributed by atoms with Crippen LogP contribution in [-0.4, -0.2) is 50.3 Å². The maximum atomic E-state index is 12.7. The first-order valence-electron chi connectivity index (χ1n) is 6.49. The maximum absolute atomic E-state index is 12.7. The number of amides is 3. The molecule has 1 aliphatic heterocycles.